The van der Waals surface area contributed by atoms with Crippen molar-refractivity contribution in [3.63, 3.8) is 0 Å². The summed E-state index contributed by atoms with van der Waals surface area (Å²) in [7, 11) is 0. The standard InChI is InChI=1S/C18H22N2/c19-17(15-7-2-1-3-8-15)10-11-18-16-9-5-4-6-14(16)12-13-20-18/h1-9,17-18,20H,10-13,19H2. The van der Waals surface area contributed by atoms with E-state index in [0.717, 1.165) is 25.8 Å². The highest BCUT2D eigenvalue weighted by Crippen LogP contribution is 2.28. The Hall–Kier alpha value is -1.64. The third kappa shape index (κ3) is 2.92. The summed E-state index contributed by atoms with van der Waals surface area (Å²) in [5, 5.41) is 3.63. The fourth-order valence-corrected chi connectivity index (χ4v) is 3.06. The van der Waals surface area contributed by atoms with Crippen molar-refractivity contribution in [3.05, 3.63) is 71.3 Å². The molecule has 2 heteroatoms. The zero-order valence-electron chi connectivity index (χ0n) is 11.8. The second-order valence-corrected chi connectivity index (χ2v) is 5.55. The molecule has 0 spiro atoms. The van der Waals surface area contributed by atoms with Crippen LogP contribution >= 0.6 is 0 Å². The molecule has 0 radical (unpaired) electrons. The summed E-state index contributed by atoms with van der Waals surface area (Å²) < 4.78 is 0. The highest BCUT2D eigenvalue weighted by Gasteiger charge is 2.19. The minimum atomic E-state index is 0.132. The first-order chi connectivity index (χ1) is 9.84. The van der Waals surface area contributed by atoms with Gasteiger partial charge in [-0.15, -0.1) is 0 Å². The molecule has 2 aromatic carbocycles. The van der Waals surface area contributed by atoms with E-state index in [1.807, 2.05) is 6.07 Å². The zero-order chi connectivity index (χ0) is 13.8. The van der Waals surface area contributed by atoms with E-state index >= 15 is 0 Å². The number of hydrogen-bond acceptors (Lipinski definition) is 2. The van der Waals surface area contributed by atoms with Gasteiger partial charge in [-0.25, -0.2) is 0 Å². The molecular formula is C18H22N2. The highest BCUT2D eigenvalue weighted by atomic mass is 14.9. The molecule has 2 atom stereocenters. The van der Waals surface area contributed by atoms with Gasteiger partial charge >= 0.3 is 0 Å². The lowest BCUT2D eigenvalue weighted by Crippen LogP contribution is -2.30. The first kappa shape index (κ1) is 13.3. The van der Waals surface area contributed by atoms with Crippen LogP contribution in [0.3, 0.4) is 0 Å². The molecule has 0 saturated heterocycles. The van der Waals surface area contributed by atoms with Crippen LogP contribution in [0.25, 0.3) is 0 Å². The van der Waals surface area contributed by atoms with Crippen molar-refractivity contribution < 1.29 is 0 Å². The van der Waals surface area contributed by atoms with Gasteiger partial charge in [0.25, 0.3) is 0 Å². The van der Waals surface area contributed by atoms with Gasteiger partial charge in [0.05, 0.1) is 0 Å². The maximum absolute atomic E-state index is 6.30. The van der Waals surface area contributed by atoms with Crippen LogP contribution in [0.5, 0.6) is 0 Å². The summed E-state index contributed by atoms with van der Waals surface area (Å²) in [5.41, 5.74) is 10.5. The summed E-state index contributed by atoms with van der Waals surface area (Å²) >= 11 is 0. The number of benzene rings is 2. The van der Waals surface area contributed by atoms with Gasteiger partial charge in [0.15, 0.2) is 0 Å². The molecule has 2 aromatic rings. The molecule has 1 heterocycles. The summed E-state index contributed by atoms with van der Waals surface area (Å²) in [6, 6.07) is 19.7. The molecule has 0 fully saturated rings. The van der Waals surface area contributed by atoms with E-state index in [9.17, 15) is 0 Å². The Labute approximate surface area is 121 Å². The van der Waals surface area contributed by atoms with Crippen LogP contribution in [0.15, 0.2) is 54.6 Å². The molecule has 0 saturated carbocycles. The lowest BCUT2D eigenvalue weighted by molar-refractivity contribution is 0.442. The molecule has 0 amide bonds. The number of nitrogens with two attached hydrogens (primary N) is 1. The van der Waals surface area contributed by atoms with E-state index in [0.29, 0.717) is 6.04 Å². The summed E-state index contributed by atoms with van der Waals surface area (Å²) in [6.45, 7) is 1.07. The van der Waals surface area contributed by atoms with Gasteiger partial charge < -0.3 is 11.1 Å². The molecule has 3 rings (SSSR count). The quantitative estimate of drug-likeness (QED) is 0.890. The van der Waals surface area contributed by atoms with Gasteiger partial charge in [0.1, 0.15) is 0 Å². The average molecular weight is 266 g/mol. The lowest BCUT2D eigenvalue weighted by atomic mass is 9.90. The normalized spacial score (nSPS) is 19.4. The molecule has 0 aromatic heterocycles. The third-order valence-corrected chi connectivity index (χ3v) is 4.21. The van der Waals surface area contributed by atoms with Gasteiger partial charge in [0, 0.05) is 12.1 Å². The molecule has 1 aliphatic heterocycles. The van der Waals surface area contributed by atoms with Gasteiger partial charge in [-0.3, -0.25) is 0 Å². The zero-order valence-corrected chi connectivity index (χ0v) is 11.8. The van der Waals surface area contributed by atoms with E-state index in [1.54, 1.807) is 0 Å². The Kier molecular flexibility index (Phi) is 4.14. The van der Waals surface area contributed by atoms with Crippen LogP contribution < -0.4 is 11.1 Å². The van der Waals surface area contributed by atoms with Crippen molar-refractivity contribution in [2.75, 3.05) is 6.54 Å². The number of fused-ring (bicyclic) bond motifs is 1. The van der Waals surface area contributed by atoms with Gasteiger partial charge in [-0.2, -0.15) is 0 Å². The Morgan fingerprint density at radius 1 is 1.05 bits per heavy atom. The number of nitrogens with one attached hydrogen (secondary N) is 1. The largest absolute Gasteiger partial charge is 0.324 e. The van der Waals surface area contributed by atoms with Crippen LogP contribution in [0, 0.1) is 0 Å². The topological polar surface area (TPSA) is 38.0 Å². The molecule has 104 valence electrons. The van der Waals surface area contributed by atoms with Crippen molar-refractivity contribution in [1.82, 2.24) is 5.32 Å². The third-order valence-electron chi connectivity index (χ3n) is 4.21. The Balaban J connectivity index is 1.65. The molecule has 1 aliphatic rings. The molecule has 2 nitrogen and oxygen atoms in total. The first-order valence-corrected chi connectivity index (χ1v) is 7.46. The van der Waals surface area contributed by atoms with E-state index in [-0.39, 0.29) is 6.04 Å². The maximum Gasteiger partial charge on any atom is 0.0323 e. The lowest BCUT2D eigenvalue weighted by Gasteiger charge is -2.28. The predicted octanol–water partition coefficient (Wildman–Crippen LogP) is 3.35. The maximum atomic E-state index is 6.30. The number of rotatable bonds is 4. The van der Waals surface area contributed by atoms with Gasteiger partial charge in [-0.1, -0.05) is 54.6 Å². The second-order valence-electron chi connectivity index (χ2n) is 5.55. The van der Waals surface area contributed by atoms with E-state index in [2.05, 4.69) is 53.8 Å². The Bertz CT molecular complexity index is 550. The van der Waals surface area contributed by atoms with E-state index in [1.165, 1.54) is 16.7 Å². The monoisotopic (exact) mass is 266 g/mol. The predicted molar refractivity (Wildman–Crippen MR) is 83.5 cm³/mol. The van der Waals surface area contributed by atoms with Crippen LogP contribution in [0.2, 0.25) is 0 Å². The summed E-state index contributed by atoms with van der Waals surface area (Å²) in [4.78, 5) is 0. The average Bonchev–Trinajstić information content (AvgIpc) is 2.53. The summed E-state index contributed by atoms with van der Waals surface area (Å²) in [6.07, 6.45) is 3.24. The van der Waals surface area contributed by atoms with E-state index in [4.69, 9.17) is 5.73 Å². The summed E-state index contributed by atoms with van der Waals surface area (Å²) in [5.74, 6) is 0. The molecule has 0 aliphatic carbocycles. The van der Waals surface area contributed by atoms with Crippen molar-refractivity contribution >= 4 is 0 Å². The Morgan fingerprint density at radius 2 is 1.80 bits per heavy atom. The van der Waals surface area contributed by atoms with Gasteiger partial charge in [-0.05, 0) is 42.5 Å². The van der Waals surface area contributed by atoms with Crippen LogP contribution in [-0.2, 0) is 6.42 Å². The smallest absolute Gasteiger partial charge is 0.0323 e. The molecule has 20 heavy (non-hydrogen) atoms. The van der Waals surface area contributed by atoms with Crippen molar-refractivity contribution in [1.29, 1.82) is 0 Å². The molecule has 3 N–H and O–H groups in total. The number of hydrogen-bond donors (Lipinski definition) is 2. The van der Waals surface area contributed by atoms with E-state index < -0.39 is 0 Å². The molecular weight excluding hydrogens is 244 g/mol. The van der Waals surface area contributed by atoms with Crippen molar-refractivity contribution in [2.24, 2.45) is 5.73 Å². The van der Waals surface area contributed by atoms with Crippen molar-refractivity contribution in [3.8, 4) is 0 Å². The molecule has 2 unspecified atom stereocenters. The molecule has 0 bridgehead atoms. The fraction of sp³-hybridized carbons (Fsp3) is 0.333. The van der Waals surface area contributed by atoms with Crippen LogP contribution in [-0.4, -0.2) is 6.54 Å². The van der Waals surface area contributed by atoms with Crippen LogP contribution in [0.4, 0.5) is 0 Å². The van der Waals surface area contributed by atoms with Crippen molar-refractivity contribution in [2.45, 2.75) is 31.3 Å². The SMILES string of the molecule is NC(CCC1NCCc2ccccc21)c1ccccc1. The van der Waals surface area contributed by atoms with Crippen LogP contribution in [0.1, 0.15) is 41.6 Å². The first-order valence-electron chi connectivity index (χ1n) is 7.46. The highest BCUT2D eigenvalue weighted by molar-refractivity contribution is 5.32. The van der Waals surface area contributed by atoms with Gasteiger partial charge in [0.2, 0.25) is 0 Å². The second kappa shape index (κ2) is 6.21. The minimum absolute atomic E-state index is 0.132. The Morgan fingerprint density at radius 3 is 2.65 bits per heavy atom. The minimum Gasteiger partial charge on any atom is -0.324 e. The fourth-order valence-electron chi connectivity index (χ4n) is 3.06.